The summed E-state index contributed by atoms with van der Waals surface area (Å²) >= 11 is 3.48. The molecule has 0 N–H and O–H groups in total. The number of rotatable bonds is 4. The van der Waals surface area contributed by atoms with Crippen LogP contribution in [0.4, 0.5) is 0 Å². The predicted molar refractivity (Wildman–Crippen MR) is 85.0 cm³/mol. The molecule has 20 heavy (non-hydrogen) atoms. The number of nitrogens with zero attached hydrogens (tertiary/aromatic N) is 3. The molecule has 1 aliphatic rings. The Hall–Kier alpha value is -0.810. The summed E-state index contributed by atoms with van der Waals surface area (Å²) in [6.07, 6.45) is 4.12. The molecule has 112 valence electrons. The molecule has 0 saturated carbocycles. The average Bonchev–Trinajstić information content (AvgIpc) is 2.80. The highest BCUT2D eigenvalue weighted by molar-refractivity contribution is 9.10. The fraction of sp³-hybridized carbons (Fsp3) is 0.667. The van der Waals surface area contributed by atoms with Crippen LogP contribution in [0.1, 0.15) is 37.2 Å². The molecule has 0 aromatic carbocycles. The lowest BCUT2D eigenvalue weighted by atomic mass is 10.1. The van der Waals surface area contributed by atoms with Crippen LogP contribution in [0.5, 0.6) is 0 Å². The second kappa shape index (κ2) is 6.76. The quantitative estimate of drug-likeness (QED) is 0.842. The second-order valence-corrected chi connectivity index (χ2v) is 6.45. The number of hydrogen-bond donors (Lipinski definition) is 0. The summed E-state index contributed by atoms with van der Waals surface area (Å²) in [4.78, 5) is 17.1. The summed E-state index contributed by atoms with van der Waals surface area (Å²) in [5, 5.41) is 0. The molecule has 0 spiro atoms. The van der Waals surface area contributed by atoms with Gasteiger partial charge >= 0.3 is 0 Å². The normalized spacial score (nSPS) is 20.4. The van der Waals surface area contributed by atoms with E-state index < -0.39 is 0 Å². The third-order valence-corrected chi connectivity index (χ3v) is 4.52. The number of piperazine rings is 1. The Bertz CT molecular complexity index is 472. The third-order valence-electron chi connectivity index (χ3n) is 4.08. The zero-order valence-corrected chi connectivity index (χ0v) is 14.2. The van der Waals surface area contributed by atoms with Crippen molar-refractivity contribution in [3.63, 3.8) is 0 Å². The zero-order chi connectivity index (χ0) is 14.7. The van der Waals surface area contributed by atoms with Crippen LogP contribution >= 0.6 is 15.9 Å². The highest BCUT2D eigenvalue weighted by atomic mass is 79.9. The van der Waals surface area contributed by atoms with E-state index in [2.05, 4.69) is 46.3 Å². The van der Waals surface area contributed by atoms with Crippen molar-refractivity contribution in [2.75, 3.05) is 26.7 Å². The van der Waals surface area contributed by atoms with E-state index in [0.717, 1.165) is 49.2 Å². The molecule has 1 saturated heterocycles. The Morgan fingerprint density at radius 2 is 2.15 bits per heavy atom. The summed E-state index contributed by atoms with van der Waals surface area (Å²) in [5.74, 6) is 0.163. The van der Waals surface area contributed by atoms with Crippen LogP contribution in [-0.4, -0.2) is 53.0 Å². The van der Waals surface area contributed by atoms with Crippen molar-refractivity contribution in [1.29, 1.82) is 0 Å². The first kappa shape index (κ1) is 15.6. The van der Waals surface area contributed by atoms with Crippen LogP contribution in [0.3, 0.4) is 0 Å². The van der Waals surface area contributed by atoms with Gasteiger partial charge in [0.25, 0.3) is 5.91 Å². The summed E-state index contributed by atoms with van der Waals surface area (Å²) in [7, 11) is 2.15. The molecular weight excluding hydrogens is 318 g/mol. The minimum absolute atomic E-state index is 0.163. The van der Waals surface area contributed by atoms with Crippen molar-refractivity contribution in [2.24, 2.45) is 0 Å². The Labute approximate surface area is 129 Å². The second-order valence-electron chi connectivity index (χ2n) is 5.53. The van der Waals surface area contributed by atoms with Crippen LogP contribution in [0.15, 0.2) is 16.7 Å². The summed E-state index contributed by atoms with van der Waals surface area (Å²) in [6, 6.07) is 2.42. The van der Waals surface area contributed by atoms with E-state index in [1.54, 1.807) is 0 Å². The molecule has 0 bridgehead atoms. The number of carbonyl (C=O) groups is 1. The molecule has 2 heterocycles. The Kier molecular flexibility index (Phi) is 5.27. The van der Waals surface area contributed by atoms with Gasteiger partial charge < -0.3 is 9.47 Å². The van der Waals surface area contributed by atoms with Crippen LogP contribution in [-0.2, 0) is 6.54 Å². The SMILES string of the molecule is CCCn1cc(Br)cc1C(=O)N1CCN(C)C(CC)C1. The fourth-order valence-electron chi connectivity index (χ4n) is 2.81. The van der Waals surface area contributed by atoms with E-state index in [1.807, 2.05) is 17.2 Å². The average molecular weight is 342 g/mol. The zero-order valence-electron chi connectivity index (χ0n) is 12.6. The van der Waals surface area contributed by atoms with Gasteiger partial charge in [-0.3, -0.25) is 9.69 Å². The number of amides is 1. The summed E-state index contributed by atoms with van der Waals surface area (Å²) in [5.41, 5.74) is 0.804. The lowest BCUT2D eigenvalue weighted by molar-refractivity contribution is 0.0532. The van der Waals surface area contributed by atoms with Crippen LogP contribution in [0.2, 0.25) is 0 Å². The molecule has 2 rings (SSSR count). The molecule has 1 aromatic heterocycles. The van der Waals surface area contributed by atoms with Crippen molar-refractivity contribution >= 4 is 21.8 Å². The molecular formula is C15H24BrN3O. The maximum absolute atomic E-state index is 12.7. The van der Waals surface area contributed by atoms with E-state index in [1.165, 1.54) is 0 Å². The Morgan fingerprint density at radius 3 is 2.80 bits per heavy atom. The molecule has 1 unspecified atom stereocenters. The first-order valence-corrected chi connectivity index (χ1v) is 8.21. The molecule has 1 aliphatic heterocycles. The molecule has 5 heteroatoms. The van der Waals surface area contributed by atoms with Crippen LogP contribution < -0.4 is 0 Å². The van der Waals surface area contributed by atoms with Crippen LogP contribution in [0.25, 0.3) is 0 Å². The largest absolute Gasteiger partial charge is 0.342 e. The molecule has 1 amide bonds. The van der Waals surface area contributed by atoms with E-state index in [0.29, 0.717) is 6.04 Å². The Balaban J connectivity index is 2.15. The standard InChI is InChI=1S/C15H24BrN3O/c1-4-6-18-10-12(16)9-14(18)15(20)19-8-7-17(3)13(5-2)11-19/h9-10,13H,4-8,11H2,1-3H3. The summed E-state index contributed by atoms with van der Waals surface area (Å²) in [6.45, 7) is 7.82. The van der Waals surface area contributed by atoms with Crippen molar-refractivity contribution in [3.8, 4) is 0 Å². The van der Waals surface area contributed by atoms with E-state index >= 15 is 0 Å². The highest BCUT2D eigenvalue weighted by Crippen LogP contribution is 2.19. The molecule has 0 radical (unpaired) electrons. The molecule has 1 aromatic rings. The molecule has 1 atom stereocenters. The number of likely N-dealkylation sites (N-methyl/N-ethyl adjacent to an activating group) is 1. The van der Waals surface area contributed by atoms with Gasteiger partial charge in [-0.15, -0.1) is 0 Å². The van der Waals surface area contributed by atoms with Crippen molar-refractivity contribution < 1.29 is 4.79 Å². The smallest absolute Gasteiger partial charge is 0.270 e. The van der Waals surface area contributed by atoms with Gasteiger partial charge in [0.2, 0.25) is 0 Å². The lowest BCUT2D eigenvalue weighted by Gasteiger charge is -2.39. The number of carbonyl (C=O) groups excluding carboxylic acids is 1. The minimum Gasteiger partial charge on any atom is -0.342 e. The number of halogens is 1. The fourth-order valence-corrected chi connectivity index (χ4v) is 3.28. The van der Waals surface area contributed by atoms with E-state index in [-0.39, 0.29) is 5.91 Å². The predicted octanol–water partition coefficient (Wildman–Crippen LogP) is 2.83. The molecule has 0 aliphatic carbocycles. The number of hydrogen-bond acceptors (Lipinski definition) is 2. The molecule has 1 fully saturated rings. The van der Waals surface area contributed by atoms with Gasteiger partial charge in [-0.1, -0.05) is 13.8 Å². The number of aryl methyl sites for hydroxylation is 1. The van der Waals surface area contributed by atoms with Gasteiger partial charge in [0, 0.05) is 42.9 Å². The van der Waals surface area contributed by atoms with Crippen molar-refractivity contribution in [1.82, 2.24) is 14.4 Å². The Morgan fingerprint density at radius 1 is 1.40 bits per heavy atom. The highest BCUT2D eigenvalue weighted by Gasteiger charge is 2.28. The van der Waals surface area contributed by atoms with Crippen molar-refractivity contribution in [3.05, 3.63) is 22.4 Å². The number of aromatic nitrogens is 1. The maximum atomic E-state index is 12.7. The molecule has 4 nitrogen and oxygen atoms in total. The van der Waals surface area contributed by atoms with Crippen LogP contribution in [0, 0.1) is 0 Å². The minimum atomic E-state index is 0.163. The van der Waals surface area contributed by atoms with E-state index in [9.17, 15) is 4.79 Å². The first-order valence-electron chi connectivity index (χ1n) is 7.42. The third kappa shape index (κ3) is 3.26. The lowest BCUT2D eigenvalue weighted by Crippen LogP contribution is -2.53. The topological polar surface area (TPSA) is 28.5 Å². The monoisotopic (exact) mass is 341 g/mol. The summed E-state index contributed by atoms with van der Waals surface area (Å²) < 4.78 is 3.04. The van der Waals surface area contributed by atoms with Gasteiger partial charge in [-0.2, -0.15) is 0 Å². The van der Waals surface area contributed by atoms with Gasteiger partial charge in [0.1, 0.15) is 5.69 Å². The van der Waals surface area contributed by atoms with Gasteiger partial charge in [0.15, 0.2) is 0 Å². The van der Waals surface area contributed by atoms with Gasteiger partial charge in [-0.25, -0.2) is 0 Å². The van der Waals surface area contributed by atoms with E-state index in [4.69, 9.17) is 0 Å². The van der Waals surface area contributed by atoms with Crippen molar-refractivity contribution in [2.45, 2.75) is 39.3 Å². The van der Waals surface area contributed by atoms with Gasteiger partial charge in [0.05, 0.1) is 0 Å². The maximum Gasteiger partial charge on any atom is 0.270 e. The first-order chi connectivity index (χ1) is 9.56. The van der Waals surface area contributed by atoms with Gasteiger partial charge in [-0.05, 0) is 41.9 Å².